The van der Waals surface area contributed by atoms with Crippen molar-refractivity contribution in [2.45, 2.75) is 57.0 Å². The monoisotopic (exact) mass is 476 g/mol. The van der Waals surface area contributed by atoms with Gasteiger partial charge in [-0.05, 0) is 60.8 Å². The molecule has 3 unspecified atom stereocenters. The molecule has 2 aromatic carbocycles. The van der Waals surface area contributed by atoms with Gasteiger partial charge in [0.15, 0.2) is 0 Å². The van der Waals surface area contributed by atoms with Crippen LogP contribution in [0, 0.1) is 11.8 Å². The Morgan fingerprint density at radius 2 is 1.63 bits per heavy atom. The van der Waals surface area contributed by atoms with Crippen molar-refractivity contribution in [3.8, 4) is 11.1 Å². The van der Waals surface area contributed by atoms with Crippen LogP contribution in [-0.2, 0) is 14.3 Å². The third-order valence-corrected chi connectivity index (χ3v) is 8.09. The lowest BCUT2D eigenvalue weighted by Gasteiger charge is -2.42. The molecule has 0 spiro atoms. The summed E-state index contributed by atoms with van der Waals surface area (Å²) in [7, 11) is 0. The fraction of sp³-hybridized carbons (Fsp3) is 0.464. The third kappa shape index (κ3) is 4.40. The van der Waals surface area contributed by atoms with Crippen LogP contribution < -0.4 is 5.32 Å². The van der Waals surface area contributed by atoms with Crippen LogP contribution in [0.25, 0.3) is 11.1 Å². The number of alkyl carbamates (subject to hydrolysis) is 1. The van der Waals surface area contributed by atoms with Gasteiger partial charge >= 0.3 is 12.1 Å². The lowest BCUT2D eigenvalue weighted by molar-refractivity contribution is -0.150. The Morgan fingerprint density at radius 3 is 2.20 bits per heavy atom. The predicted octanol–water partition coefficient (Wildman–Crippen LogP) is 4.41. The molecule has 3 atom stereocenters. The number of rotatable bonds is 6. The van der Waals surface area contributed by atoms with Crippen molar-refractivity contribution in [3.05, 3.63) is 59.7 Å². The molecular weight excluding hydrogens is 444 g/mol. The maximum Gasteiger partial charge on any atom is 0.407 e. The van der Waals surface area contributed by atoms with Crippen molar-refractivity contribution in [1.29, 1.82) is 0 Å². The van der Waals surface area contributed by atoms with Crippen LogP contribution in [0.2, 0.25) is 0 Å². The van der Waals surface area contributed by atoms with Crippen molar-refractivity contribution < 1.29 is 24.2 Å². The quantitative estimate of drug-likeness (QED) is 0.644. The molecule has 2 aliphatic carbocycles. The van der Waals surface area contributed by atoms with Crippen molar-refractivity contribution in [2.24, 2.45) is 11.8 Å². The Kier molecular flexibility index (Phi) is 6.50. The molecule has 0 radical (unpaired) electrons. The summed E-state index contributed by atoms with van der Waals surface area (Å²) >= 11 is 0. The molecule has 7 nitrogen and oxygen atoms in total. The van der Waals surface area contributed by atoms with E-state index in [-0.39, 0.29) is 24.3 Å². The van der Waals surface area contributed by atoms with Gasteiger partial charge in [0.25, 0.3) is 0 Å². The van der Waals surface area contributed by atoms with E-state index >= 15 is 0 Å². The van der Waals surface area contributed by atoms with Crippen LogP contribution in [0.15, 0.2) is 48.5 Å². The molecule has 1 heterocycles. The number of fused-ring (bicyclic) bond motifs is 3. The molecule has 1 saturated carbocycles. The number of benzene rings is 2. The second kappa shape index (κ2) is 9.72. The lowest BCUT2D eigenvalue weighted by atomic mass is 9.78. The van der Waals surface area contributed by atoms with Gasteiger partial charge in [-0.2, -0.15) is 0 Å². The summed E-state index contributed by atoms with van der Waals surface area (Å²) in [4.78, 5) is 39.7. The van der Waals surface area contributed by atoms with Crippen LogP contribution in [0.1, 0.15) is 56.1 Å². The molecule has 2 fully saturated rings. The van der Waals surface area contributed by atoms with Crippen molar-refractivity contribution in [3.63, 3.8) is 0 Å². The molecular formula is C28H32N2O5. The van der Waals surface area contributed by atoms with Gasteiger partial charge in [0.2, 0.25) is 5.91 Å². The molecule has 2 N–H and O–H groups in total. The first-order valence-corrected chi connectivity index (χ1v) is 12.6. The zero-order chi connectivity index (χ0) is 24.5. The van der Waals surface area contributed by atoms with E-state index in [0.29, 0.717) is 19.4 Å². The highest BCUT2D eigenvalue weighted by molar-refractivity contribution is 5.87. The number of amides is 2. The number of carboxylic acid groups (broad SMARTS) is 1. The molecule has 1 aliphatic heterocycles. The maximum atomic E-state index is 13.5. The molecule has 7 heteroatoms. The number of hydrogen-bond acceptors (Lipinski definition) is 4. The van der Waals surface area contributed by atoms with E-state index in [1.165, 1.54) is 0 Å². The second-order valence-corrected chi connectivity index (χ2v) is 10.00. The van der Waals surface area contributed by atoms with Crippen LogP contribution in [0.5, 0.6) is 0 Å². The van der Waals surface area contributed by atoms with Gasteiger partial charge in [0.1, 0.15) is 12.6 Å². The van der Waals surface area contributed by atoms with Crippen LogP contribution in [-0.4, -0.2) is 53.2 Å². The number of nitrogens with zero attached hydrogens (tertiary/aromatic N) is 1. The average molecular weight is 477 g/mol. The second-order valence-electron chi connectivity index (χ2n) is 10.00. The van der Waals surface area contributed by atoms with Gasteiger partial charge in [-0.1, -0.05) is 55.0 Å². The summed E-state index contributed by atoms with van der Waals surface area (Å²) < 4.78 is 5.70. The van der Waals surface area contributed by atoms with E-state index in [2.05, 4.69) is 29.6 Å². The molecule has 5 rings (SSSR count). The van der Waals surface area contributed by atoms with E-state index in [4.69, 9.17) is 4.74 Å². The molecule has 35 heavy (non-hydrogen) atoms. The summed E-state index contributed by atoms with van der Waals surface area (Å²) in [5.41, 5.74) is 4.59. The Morgan fingerprint density at radius 1 is 1.00 bits per heavy atom. The summed E-state index contributed by atoms with van der Waals surface area (Å²) in [6.45, 7) is 2.49. The molecule has 184 valence electrons. The molecule has 3 aliphatic rings. The number of likely N-dealkylation sites (tertiary alicyclic amines) is 1. The van der Waals surface area contributed by atoms with E-state index < -0.39 is 30.1 Å². The standard InChI is InChI=1S/C28H32N2O5/c1-17-19(27(32)33)14-7-15-30(17)26(31)25(18-8-6-9-18)29-28(34)35-16-24-22-12-4-2-10-20(22)21-11-3-5-13-23(21)24/h2-5,10-13,17-19,24-25H,6-9,14-16H2,1H3,(H,29,34)(H,32,33). The number of ether oxygens (including phenoxy) is 1. The smallest absolute Gasteiger partial charge is 0.407 e. The van der Waals surface area contributed by atoms with E-state index in [1.54, 1.807) is 11.8 Å². The first-order valence-electron chi connectivity index (χ1n) is 12.6. The summed E-state index contributed by atoms with van der Waals surface area (Å²) in [5, 5.41) is 12.4. The highest BCUT2D eigenvalue weighted by atomic mass is 16.5. The minimum absolute atomic E-state index is 0.0514. The number of piperidine rings is 1. The zero-order valence-electron chi connectivity index (χ0n) is 20.0. The van der Waals surface area contributed by atoms with E-state index in [0.717, 1.165) is 41.5 Å². The third-order valence-electron chi connectivity index (χ3n) is 8.09. The number of carbonyl (C=O) groups excluding carboxylic acids is 2. The number of carboxylic acids is 1. The Balaban J connectivity index is 1.27. The Hall–Kier alpha value is -3.35. The van der Waals surface area contributed by atoms with Gasteiger partial charge in [-0.3, -0.25) is 9.59 Å². The number of aliphatic carboxylic acids is 1. The van der Waals surface area contributed by atoms with Crippen LogP contribution in [0.4, 0.5) is 4.79 Å². The highest BCUT2D eigenvalue weighted by Gasteiger charge is 2.42. The number of nitrogens with one attached hydrogen (secondary N) is 1. The summed E-state index contributed by atoms with van der Waals surface area (Å²) in [6.07, 6.45) is 3.36. The highest BCUT2D eigenvalue weighted by Crippen LogP contribution is 2.44. The van der Waals surface area contributed by atoms with Crippen molar-refractivity contribution in [2.75, 3.05) is 13.2 Å². The largest absolute Gasteiger partial charge is 0.481 e. The molecule has 0 aromatic heterocycles. The minimum atomic E-state index is -0.875. The van der Waals surface area contributed by atoms with Gasteiger partial charge in [-0.15, -0.1) is 0 Å². The molecule has 0 bridgehead atoms. The predicted molar refractivity (Wildman–Crippen MR) is 131 cm³/mol. The number of carbonyl (C=O) groups is 3. The van der Waals surface area contributed by atoms with Crippen molar-refractivity contribution >= 4 is 18.0 Å². The van der Waals surface area contributed by atoms with Gasteiger partial charge in [0, 0.05) is 18.5 Å². The van der Waals surface area contributed by atoms with Crippen molar-refractivity contribution in [1.82, 2.24) is 10.2 Å². The van der Waals surface area contributed by atoms with Crippen LogP contribution >= 0.6 is 0 Å². The summed E-state index contributed by atoms with van der Waals surface area (Å²) in [6, 6.07) is 15.2. The molecule has 2 amide bonds. The van der Waals surface area contributed by atoms with E-state index in [9.17, 15) is 19.5 Å². The Bertz CT molecular complexity index is 1080. The fourth-order valence-corrected chi connectivity index (χ4v) is 5.88. The lowest BCUT2D eigenvalue weighted by Crippen LogP contribution is -2.58. The zero-order valence-corrected chi connectivity index (χ0v) is 20.0. The normalized spacial score (nSPS) is 22.5. The first kappa shape index (κ1) is 23.4. The SMILES string of the molecule is CC1C(C(=O)O)CCCN1C(=O)C(NC(=O)OCC1c2ccccc2-c2ccccc21)C1CCC1. The fourth-order valence-electron chi connectivity index (χ4n) is 5.88. The number of hydrogen-bond donors (Lipinski definition) is 2. The van der Waals surface area contributed by atoms with E-state index in [1.807, 2.05) is 24.3 Å². The Labute approximate surface area is 205 Å². The van der Waals surface area contributed by atoms with Gasteiger partial charge in [0.05, 0.1) is 5.92 Å². The van der Waals surface area contributed by atoms with Gasteiger partial charge in [-0.25, -0.2) is 4.79 Å². The maximum absolute atomic E-state index is 13.5. The average Bonchev–Trinajstić information content (AvgIpc) is 3.14. The molecule has 2 aromatic rings. The molecule has 1 saturated heterocycles. The summed E-state index contributed by atoms with van der Waals surface area (Å²) in [5.74, 6) is -1.64. The minimum Gasteiger partial charge on any atom is -0.481 e. The van der Waals surface area contributed by atoms with Gasteiger partial charge < -0.3 is 20.1 Å². The first-order chi connectivity index (χ1) is 17.0. The topological polar surface area (TPSA) is 95.9 Å². The van der Waals surface area contributed by atoms with Crippen LogP contribution in [0.3, 0.4) is 0 Å².